The van der Waals surface area contributed by atoms with E-state index in [1.54, 1.807) is 6.07 Å². The number of unbranched alkanes of at least 4 members (excludes halogenated alkanes) is 3. The van der Waals surface area contributed by atoms with E-state index < -0.39 is 0 Å². The lowest BCUT2D eigenvalue weighted by Gasteiger charge is -2.17. The first-order chi connectivity index (χ1) is 12.1. The lowest BCUT2D eigenvalue weighted by Crippen LogP contribution is -2.20. The van der Waals surface area contributed by atoms with Crippen molar-refractivity contribution in [1.82, 2.24) is 0 Å². The van der Waals surface area contributed by atoms with Gasteiger partial charge < -0.3 is 9.47 Å². The molecule has 0 fully saturated rings. The Labute approximate surface area is 148 Å². The van der Waals surface area contributed by atoms with Gasteiger partial charge in [-0.3, -0.25) is 9.59 Å². The van der Waals surface area contributed by atoms with Crippen molar-refractivity contribution in [2.75, 3.05) is 14.2 Å². The summed E-state index contributed by atoms with van der Waals surface area (Å²) in [5.41, 5.74) is 1.87. The summed E-state index contributed by atoms with van der Waals surface area (Å²) >= 11 is 0. The van der Waals surface area contributed by atoms with Gasteiger partial charge >= 0.3 is 0 Å². The molecule has 4 heteroatoms. The van der Waals surface area contributed by atoms with Gasteiger partial charge in [0, 0.05) is 6.08 Å². The summed E-state index contributed by atoms with van der Waals surface area (Å²) in [6.45, 7) is 2.18. The van der Waals surface area contributed by atoms with Crippen molar-refractivity contribution in [3.8, 4) is 0 Å². The molecule has 2 rings (SSSR count). The summed E-state index contributed by atoms with van der Waals surface area (Å²) in [5, 5.41) is 0. The standard InChI is InChI=1S/C21H24O4/c1-4-5-6-7-8-10-15-11-9-12-16(13-15)19-20(23)18(24-2)14-17(22)21(19)25-3/h8-14H,4-7H2,1-3H3/b10-8+. The molecular formula is C21H24O4. The predicted octanol–water partition coefficient (Wildman–Crippen LogP) is 4.32. The van der Waals surface area contributed by atoms with Crippen LogP contribution in [0.25, 0.3) is 11.6 Å². The molecule has 1 aliphatic carbocycles. The number of carbonyl (C=O) groups is 2. The van der Waals surface area contributed by atoms with Gasteiger partial charge in [-0.05, 0) is 30.0 Å². The van der Waals surface area contributed by atoms with Gasteiger partial charge in [0.15, 0.2) is 11.5 Å². The van der Waals surface area contributed by atoms with Crippen LogP contribution in [0.2, 0.25) is 0 Å². The van der Waals surface area contributed by atoms with Gasteiger partial charge in [-0.2, -0.15) is 0 Å². The number of rotatable bonds is 8. The predicted molar refractivity (Wildman–Crippen MR) is 98.7 cm³/mol. The van der Waals surface area contributed by atoms with E-state index in [1.165, 1.54) is 39.6 Å². The van der Waals surface area contributed by atoms with Crippen LogP contribution >= 0.6 is 0 Å². The fourth-order valence-corrected chi connectivity index (χ4v) is 2.75. The number of methoxy groups -OCH3 is 2. The highest BCUT2D eigenvalue weighted by Crippen LogP contribution is 2.29. The molecule has 0 aromatic heterocycles. The van der Waals surface area contributed by atoms with E-state index in [-0.39, 0.29) is 28.7 Å². The second-order valence-corrected chi connectivity index (χ2v) is 5.84. The minimum atomic E-state index is -0.366. The van der Waals surface area contributed by atoms with Crippen LogP contribution in [-0.2, 0) is 19.1 Å². The molecule has 0 amide bonds. The van der Waals surface area contributed by atoms with Crippen LogP contribution in [0.15, 0.2) is 47.9 Å². The highest BCUT2D eigenvalue weighted by molar-refractivity contribution is 6.36. The third-order valence-electron chi connectivity index (χ3n) is 4.05. The molecule has 132 valence electrons. The number of ketones is 2. The third kappa shape index (κ3) is 4.47. The Morgan fingerprint density at radius 3 is 2.56 bits per heavy atom. The van der Waals surface area contributed by atoms with E-state index in [0.717, 1.165) is 12.0 Å². The van der Waals surface area contributed by atoms with Gasteiger partial charge in [-0.15, -0.1) is 0 Å². The molecule has 1 aliphatic rings. The summed E-state index contributed by atoms with van der Waals surface area (Å²) in [7, 11) is 2.77. The molecule has 0 radical (unpaired) electrons. The quantitative estimate of drug-likeness (QED) is 0.522. The largest absolute Gasteiger partial charge is 0.492 e. The van der Waals surface area contributed by atoms with Crippen LogP contribution in [0.1, 0.15) is 43.7 Å². The van der Waals surface area contributed by atoms with Crippen LogP contribution in [0.5, 0.6) is 0 Å². The summed E-state index contributed by atoms with van der Waals surface area (Å²) in [6, 6.07) is 7.51. The van der Waals surface area contributed by atoms with E-state index in [0.29, 0.717) is 5.56 Å². The Morgan fingerprint density at radius 1 is 1.08 bits per heavy atom. The molecule has 0 spiro atoms. The third-order valence-corrected chi connectivity index (χ3v) is 4.05. The van der Waals surface area contributed by atoms with Gasteiger partial charge in [0.25, 0.3) is 0 Å². The number of hydrogen-bond acceptors (Lipinski definition) is 4. The Balaban J connectivity index is 2.31. The van der Waals surface area contributed by atoms with E-state index in [9.17, 15) is 9.59 Å². The van der Waals surface area contributed by atoms with Gasteiger partial charge in [-0.25, -0.2) is 0 Å². The van der Waals surface area contributed by atoms with Gasteiger partial charge in [0.1, 0.15) is 0 Å². The van der Waals surface area contributed by atoms with Crippen LogP contribution < -0.4 is 0 Å². The molecular weight excluding hydrogens is 316 g/mol. The minimum Gasteiger partial charge on any atom is -0.492 e. The minimum absolute atomic E-state index is 0.0290. The normalized spacial score (nSPS) is 14.9. The second kappa shape index (κ2) is 9.02. The first kappa shape index (κ1) is 18.7. The smallest absolute Gasteiger partial charge is 0.232 e. The monoisotopic (exact) mass is 340 g/mol. The van der Waals surface area contributed by atoms with Gasteiger partial charge in [0.05, 0.1) is 19.8 Å². The average molecular weight is 340 g/mol. The fourth-order valence-electron chi connectivity index (χ4n) is 2.75. The molecule has 25 heavy (non-hydrogen) atoms. The molecule has 0 saturated carbocycles. The van der Waals surface area contributed by atoms with E-state index in [4.69, 9.17) is 9.47 Å². The zero-order valence-electron chi connectivity index (χ0n) is 15.0. The topological polar surface area (TPSA) is 52.6 Å². The van der Waals surface area contributed by atoms with Crippen LogP contribution in [0.3, 0.4) is 0 Å². The SMILES string of the molecule is CCCCC/C=C/c1cccc(C2=C(OC)C(=O)C=C(OC)C2=O)c1. The first-order valence-corrected chi connectivity index (χ1v) is 8.52. The summed E-state index contributed by atoms with van der Waals surface area (Å²) in [6.07, 6.45) is 9.95. The molecule has 0 heterocycles. The number of carbonyl (C=O) groups excluding carboxylic acids is 2. The zero-order chi connectivity index (χ0) is 18.2. The van der Waals surface area contributed by atoms with Crippen molar-refractivity contribution in [1.29, 1.82) is 0 Å². The first-order valence-electron chi connectivity index (χ1n) is 8.52. The number of Topliss-reactive ketones (excluding diaryl/α,β-unsaturated/α-hetero) is 1. The van der Waals surface area contributed by atoms with Crippen LogP contribution in [0, 0.1) is 0 Å². The second-order valence-electron chi connectivity index (χ2n) is 5.84. The van der Waals surface area contributed by atoms with E-state index in [1.807, 2.05) is 24.3 Å². The van der Waals surface area contributed by atoms with Crippen molar-refractivity contribution in [2.24, 2.45) is 0 Å². The molecule has 1 aromatic carbocycles. The number of ether oxygens (including phenoxy) is 2. The highest BCUT2D eigenvalue weighted by Gasteiger charge is 2.31. The van der Waals surface area contributed by atoms with Crippen LogP contribution in [0.4, 0.5) is 0 Å². The molecule has 0 atom stereocenters. The van der Waals surface area contributed by atoms with Crippen molar-refractivity contribution < 1.29 is 19.1 Å². The molecule has 1 aromatic rings. The van der Waals surface area contributed by atoms with E-state index in [2.05, 4.69) is 13.0 Å². The lowest BCUT2D eigenvalue weighted by molar-refractivity contribution is -0.118. The zero-order valence-corrected chi connectivity index (χ0v) is 15.0. The summed E-state index contributed by atoms with van der Waals surface area (Å²) in [4.78, 5) is 24.8. The maximum absolute atomic E-state index is 12.6. The maximum Gasteiger partial charge on any atom is 0.232 e. The Bertz CT molecular complexity index is 738. The molecule has 0 N–H and O–H groups in total. The molecule has 4 nitrogen and oxygen atoms in total. The lowest BCUT2D eigenvalue weighted by atomic mass is 9.92. The van der Waals surface area contributed by atoms with Crippen molar-refractivity contribution in [2.45, 2.75) is 32.6 Å². The van der Waals surface area contributed by atoms with Crippen LogP contribution in [-0.4, -0.2) is 25.8 Å². The Hall–Kier alpha value is -2.62. The van der Waals surface area contributed by atoms with E-state index >= 15 is 0 Å². The average Bonchev–Trinajstić information content (AvgIpc) is 2.63. The molecule has 0 unspecified atom stereocenters. The van der Waals surface area contributed by atoms with Crippen molar-refractivity contribution >= 4 is 23.2 Å². The molecule has 0 aliphatic heterocycles. The van der Waals surface area contributed by atoms with Crippen molar-refractivity contribution in [3.05, 3.63) is 59.1 Å². The highest BCUT2D eigenvalue weighted by atomic mass is 16.5. The van der Waals surface area contributed by atoms with Gasteiger partial charge in [0.2, 0.25) is 11.6 Å². The fraction of sp³-hybridized carbons (Fsp3) is 0.333. The Kier molecular flexibility index (Phi) is 6.75. The van der Waals surface area contributed by atoms with Gasteiger partial charge in [-0.1, -0.05) is 50.1 Å². The van der Waals surface area contributed by atoms with Crippen molar-refractivity contribution in [3.63, 3.8) is 0 Å². The Morgan fingerprint density at radius 2 is 1.88 bits per heavy atom. The summed E-state index contributed by atoms with van der Waals surface area (Å²) < 4.78 is 10.2. The maximum atomic E-state index is 12.6. The number of benzene rings is 1. The molecule has 0 saturated heterocycles. The summed E-state index contributed by atoms with van der Waals surface area (Å²) in [5.74, 6) is -0.631. The number of allylic oxidation sites excluding steroid dienone is 3. The number of hydrogen-bond donors (Lipinski definition) is 0. The molecule has 0 bridgehead atoms.